The maximum absolute atomic E-state index is 12.6. The van der Waals surface area contributed by atoms with Crippen LogP contribution in [0, 0.1) is 11.8 Å². The highest BCUT2D eigenvalue weighted by molar-refractivity contribution is 5.74. The maximum atomic E-state index is 12.6. The molecule has 24 heavy (non-hydrogen) atoms. The summed E-state index contributed by atoms with van der Waals surface area (Å²) in [7, 11) is 1.86. The molecular formula is C17H28N4O3. The Labute approximate surface area is 143 Å². The van der Waals surface area contributed by atoms with Crippen LogP contribution in [0.3, 0.4) is 0 Å². The predicted molar refractivity (Wildman–Crippen MR) is 90.4 cm³/mol. The van der Waals surface area contributed by atoms with E-state index in [-0.39, 0.29) is 18.0 Å². The minimum atomic E-state index is -0.724. The normalized spacial score (nSPS) is 20.8. The monoisotopic (exact) mass is 336 g/mol. The van der Waals surface area contributed by atoms with Gasteiger partial charge in [0.1, 0.15) is 0 Å². The molecule has 0 unspecified atom stereocenters. The fraction of sp³-hybridized carbons (Fsp3) is 0.706. The largest absolute Gasteiger partial charge is 0.481 e. The molecule has 0 aliphatic heterocycles. The second-order valence-electron chi connectivity index (χ2n) is 7.13. The molecule has 2 N–H and O–H groups in total. The Hall–Kier alpha value is -2.05. The number of amides is 2. The summed E-state index contributed by atoms with van der Waals surface area (Å²) in [5.74, 6) is -0.617. The van der Waals surface area contributed by atoms with Crippen LogP contribution in [0.5, 0.6) is 0 Å². The van der Waals surface area contributed by atoms with E-state index in [1.807, 2.05) is 18.1 Å². The number of hydrogen-bond donors (Lipinski definition) is 2. The van der Waals surface area contributed by atoms with Gasteiger partial charge >= 0.3 is 12.0 Å². The molecule has 7 heteroatoms. The number of carboxylic acid groups (broad SMARTS) is 1. The van der Waals surface area contributed by atoms with Crippen molar-refractivity contribution in [3.05, 3.63) is 18.0 Å². The van der Waals surface area contributed by atoms with Crippen molar-refractivity contribution in [3.63, 3.8) is 0 Å². The molecule has 1 aromatic rings. The van der Waals surface area contributed by atoms with Crippen molar-refractivity contribution in [2.24, 2.45) is 18.9 Å². The predicted octanol–water partition coefficient (Wildman–Crippen LogP) is 2.23. The van der Waals surface area contributed by atoms with Crippen LogP contribution in [0.15, 0.2) is 12.4 Å². The van der Waals surface area contributed by atoms with E-state index in [1.54, 1.807) is 10.9 Å². The van der Waals surface area contributed by atoms with E-state index < -0.39 is 5.97 Å². The summed E-state index contributed by atoms with van der Waals surface area (Å²) >= 11 is 0. The first-order valence-corrected chi connectivity index (χ1v) is 8.61. The van der Waals surface area contributed by atoms with Crippen LogP contribution in [0.2, 0.25) is 0 Å². The number of aryl methyl sites for hydroxylation is 1. The van der Waals surface area contributed by atoms with Crippen LogP contribution >= 0.6 is 0 Å². The van der Waals surface area contributed by atoms with Crippen molar-refractivity contribution < 1.29 is 14.7 Å². The van der Waals surface area contributed by atoms with Crippen molar-refractivity contribution >= 4 is 12.0 Å². The smallest absolute Gasteiger partial charge is 0.317 e. The van der Waals surface area contributed by atoms with Gasteiger partial charge in [0.05, 0.1) is 18.7 Å². The van der Waals surface area contributed by atoms with Gasteiger partial charge in [-0.2, -0.15) is 5.10 Å². The van der Waals surface area contributed by atoms with Gasteiger partial charge < -0.3 is 15.3 Å². The zero-order valence-corrected chi connectivity index (χ0v) is 14.7. The van der Waals surface area contributed by atoms with Crippen molar-refractivity contribution in [2.45, 2.75) is 52.1 Å². The van der Waals surface area contributed by atoms with E-state index in [0.29, 0.717) is 31.8 Å². The molecule has 1 heterocycles. The molecule has 0 spiro atoms. The van der Waals surface area contributed by atoms with Gasteiger partial charge in [0, 0.05) is 31.4 Å². The van der Waals surface area contributed by atoms with Crippen molar-refractivity contribution in [1.29, 1.82) is 0 Å². The number of carbonyl (C=O) groups excluding carboxylic acids is 1. The highest BCUT2D eigenvalue weighted by Gasteiger charge is 2.28. The zero-order chi connectivity index (χ0) is 17.7. The number of aliphatic carboxylic acids is 1. The highest BCUT2D eigenvalue weighted by Crippen LogP contribution is 2.24. The van der Waals surface area contributed by atoms with Crippen LogP contribution < -0.4 is 5.32 Å². The van der Waals surface area contributed by atoms with Gasteiger partial charge in [-0.15, -0.1) is 0 Å². The Morgan fingerprint density at radius 1 is 1.38 bits per heavy atom. The van der Waals surface area contributed by atoms with Crippen molar-refractivity contribution in [2.75, 3.05) is 6.54 Å². The van der Waals surface area contributed by atoms with Crippen molar-refractivity contribution in [3.8, 4) is 0 Å². The molecule has 0 aromatic carbocycles. The average molecular weight is 336 g/mol. The zero-order valence-electron chi connectivity index (χ0n) is 14.7. The maximum Gasteiger partial charge on any atom is 0.317 e. The number of rotatable bonds is 6. The lowest BCUT2D eigenvalue weighted by Gasteiger charge is -2.30. The summed E-state index contributed by atoms with van der Waals surface area (Å²) in [5, 5.41) is 16.3. The number of hydrogen-bond acceptors (Lipinski definition) is 3. The Morgan fingerprint density at radius 2 is 2.04 bits per heavy atom. The highest BCUT2D eigenvalue weighted by atomic mass is 16.4. The molecule has 1 saturated carbocycles. The lowest BCUT2D eigenvalue weighted by atomic mass is 9.86. The van der Waals surface area contributed by atoms with Gasteiger partial charge in [0.15, 0.2) is 0 Å². The van der Waals surface area contributed by atoms with Crippen molar-refractivity contribution in [1.82, 2.24) is 20.0 Å². The third-order valence-electron chi connectivity index (χ3n) is 4.41. The third-order valence-corrected chi connectivity index (χ3v) is 4.41. The number of nitrogens with zero attached hydrogens (tertiary/aromatic N) is 3. The standard InChI is InChI=1S/C17H28N4O3/c1-12(2)9-21(11-13-8-18-20(3)10-13)17(24)19-15-6-4-14(5-7-15)16(22)23/h8,10,12,14-15H,4-7,9,11H2,1-3H3,(H,19,24)(H,22,23). The second kappa shape index (κ2) is 8.17. The number of aromatic nitrogens is 2. The van der Waals surface area contributed by atoms with E-state index in [0.717, 1.165) is 18.4 Å². The first-order chi connectivity index (χ1) is 11.3. The number of carbonyl (C=O) groups is 2. The molecule has 7 nitrogen and oxygen atoms in total. The first kappa shape index (κ1) is 18.3. The summed E-state index contributed by atoms with van der Waals surface area (Å²) in [6.07, 6.45) is 6.41. The third kappa shape index (κ3) is 5.25. The van der Waals surface area contributed by atoms with Gasteiger partial charge in [-0.25, -0.2) is 4.79 Å². The van der Waals surface area contributed by atoms with Crippen LogP contribution in [0.25, 0.3) is 0 Å². The van der Waals surface area contributed by atoms with Crippen LogP contribution in [-0.4, -0.2) is 44.4 Å². The number of nitrogens with one attached hydrogen (secondary N) is 1. The average Bonchev–Trinajstić information content (AvgIpc) is 2.92. The lowest BCUT2D eigenvalue weighted by Crippen LogP contribution is -2.47. The van der Waals surface area contributed by atoms with Gasteiger partial charge in [0.25, 0.3) is 0 Å². The van der Waals surface area contributed by atoms with Gasteiger partial charge in [-0.3, -0.25) is 9.48 Å². The Balaban J connectivity index is 1.91. The van der Waals surface area contributed by atoms with Gasteiger partial charge in [0.2, 0.25) is 0 Å². The molecule has 0 atom stereocenters. The van der Waals surface area contributed by atoms with E-state index in [9.17, 15) is 9.59 Å². The van der Waals surface area contributed by atoms with Gasteiger partial charge in [-0.1, -0.05) is 13.8 Å². The Kier molecular flexibility index (Phi) is 6.23. The molecule has 0 saturated heterocycles. The molecule has 2 amide bonds. The molecular weight excluding hydrogens is 308 g/mol. The summed E-state index contributed by atoms with van der Waals surface area (Å²) in [5.41, 5.74) is 1.00. The molecule has 0 radical (unpaired) electrons. The summed E-state index contributed by atoms with van der Waals surface area (Å²) in [4.78, 5) is 25.5. The van der Waals surface area contributed by atoms with E-state index in [2.05, 4.69) is 24.3 Å². The molecule has 134 valence electrons. The van der Waals surface area contributed by atoms with Gasteiger partial charge in [-0.05, 0) is 31.6 Å². The van der Waals surface area contributed by atoms with E-state index in [1.165, 1.54) is 0 Å². The minimum Gasteiger partial charge on any atom is -0.481 e. The summed E-state index contributed by atoms with van der Waals surface area (Å²) < 4.78 is 1.73. The topological polar surface area (TPSA) is 87.5 Å². The lowest BCUT2D eigenvalue weighted by molar-refractivity contribution is -0.142. The second-order valence-corrected chi connectivity index (χ2v) is 7.13. The number of carboxylic acids is 1. The first-order valence-electron chi connectivity index (χ1n) is 8.61. The van der Waals surface area contributed by atoms with Crippen LogP contribution in [-0.2, 0) is 18.4 Å². The Bertz CT molecular complexity index is 562. The fourth-order valence-electron chi connectivity index (χ4n) is 3.18. The van der Waals surface area contributed by atoms with Crippen LogP contribution in [0.4, 0.5) is 4.79 Å². The summed E-state index contributed by atoms with van der Waals surface area (Å²) in [6, 6.07) is -0.0111. The SMILES string of the molecule is CC(C)CN(Cc1cnn(C)c1)C(=O)NC1CCC(C(=O)O)CC1. The Morgan fingerprint density at radius 3 is 2.54 bits per heavy atom. The molecule has 1 fully saturated rings. The summed E-state index contributed by atoms with van der Waals surface area (Å²) in [6.45, 7) is 5.37. The molecule has 0 bridgehead atoms. The van der Waals surface area contributed by atoms with E-state index in [4.69, 9.17) is 5.11 Å². The van der Waals surface area contributed by atoms with E-state index >= 15 is 0 Å². The quantitative estimate of drug-likeness (QED) is 0.834. The molecule has 1 aliphatic carbocycles. The number of urea groups is 1. The molecule has 1 aromatic heterocycles. The fourth-order valence-corrected chi connectivity index (χ4v) is 3.18. The molecule has 2 rings (SSSR count). The minimum absolute atomic E-state index is 0.0664. The van der Waals surface area contributed by atoms with Crippen LogP contribution in [0.1, 0.15) is 45.1 Å². The molecule has 1 aliphatic rings.